The van der Waals surface area contributed by atoms with E-state index in [0.717, 1.165) is 19.4 Å². The molecule has 0 aromatic carbocycles. The number of anilines is 1. The number of ether oxygens (including phenoxy) is 1. The second-order valence-corrected chi connectivity index (χ2v) is 5.38. The molecule has 0 aliphatic carbocycles. The van der Waals surface area contributed by atoms with Crippen molar-refractivity contribution >= 4 is 28.3 Å². The molecule has 1 amide bonds. The predicted octanol–water partition coefficient (Wildman–Crippen LogP) is 0.967. The lowest BCUT2D eigenvalue weighted by Crippen LogP contribution is -2.42. The van der Waals surface area contributed by atoms with Crippen LogP contribution in [0.3, 0.4) is 0 Å². The number of carbonyl (C=O) groups is 2. The molecule has 7 heteroatoms. The zero-order valence-electron chi connectivity index (χ0n) is 10.8. The topological polar surface area (TPSA) is 71.5 Å². The quantitative estimate of drug-likeness (QED) is 0.834. The van der Waals surface area contributed by atoms with Crippen LogP contribution in [-0.4, -0.2) is 48.5 Å². The normalized spacial score (nSPS) is 19.9. The first kappa shape index (κ1) is 14.0. The van der Waals surface area contributed by atoms with Crippen LogP contribution in [0.5, 0.6) is 0 Å². The first-order chi connectivity index (χ1) is 9.19. The van der Waals surface area contributed by atoms with Crippen LogP contribution < -0.4 is 5.32 Å². The van der Waals surface area contributed by atoms with Crippen molar-refractivity contribution in [3.8, 4) is 0 Å². The van der Waals surface area contributed by atoms with Crippen molar-refractivity contribution in [2.45, 2.75) is 12.8 Å². The third kappa shape index (κ3) is 4.00. The van der Waals surface area contributed by atoms with Crippen LogP contribution in [0.1, 0.15) is 12.8 Å². The van der Waals surface area contributed by atoms with Gasteiger partial charge in [0.25, 0.3) is 0 Å². The maximum atomic E-state index is 11.8. The van der Waals surface area contributed by atoms with Crippen molar-refractivity contribution in [1.82, 2.24) is 9.88 Å². The number of nitrogens with one attached hydrogen (secondary N) is 1. The summed E-state index contributed by atoms with van der Waals surface area (Å²) in [7, 11) is 1.40. The summed E-state index contributed by atoms with van der Waals surface area (Å²) in [5.41, 5.74) is 0. The van der Waals surface area contributed by atoms with Gasteiger partial charge in [0.05, 0.1) is 19.6 Å². The van der Waals surface area contributed by atoms with E-state index >= 15 is 0 Å². The van der Waals surface area contributed by atoms with Crippen LogP contribution in [-0.2, 0) is 14.3 Å². The van der Waals surface area contributed by atoms with Crippen LogP contribution in [0, 0.1) is 5.92 Å². The number of carbonyl (C=O) groups excluding carboxylic acids is 2. The Labute approximate surface area is 115 Å². The highest BCUT2D eigenvalue weighted by Gasteiger charge is 2.27. The Morgan fingerprint density at radius 3 is 3.16 bits per heavy atom. The minimum atomic E-state index is -0.190. The number of amides is 1. The fraction of sp³-hybridized carbons (Fsp3) is 0.583. The van der Waals surface area contributed by atoms with Gasteiger partial charge < -0.3 is 10.1 Å². The molecule has 1 aliphatic heterocycles. The van der Waals surface area contributed by atoms with Gasteiger partial charge in [0.15, 0.2) is 5.13 Å². The molecule has 1 atom stereocenters. The van der Waals surface area contributed by atoms with E-state index in [-0.39, 0.29) is 24.3 Å². The van der Waals surface area contributed by atoms with E-state index < -0.39 is 0 Å². The van der Waals surface area contributed by atoms with Crippen LogP contribution in [0.25, 0.3) is 0 Å². The molecule has 1 N–H and O–H groups in total. The lowest BCUT2D eigenvalue weighted by molar-refractivity contribution is -0.147. The fourth-order valence-corrected chi connectivity index (χ4v) is 2.75. The molecule has 0 bridgehead atoms. The molecule has 1 aromatic heterocycles. The summed E-state index contributed by atoms with van der Waals surface area (Å²) in [6.45, 7) is 1.70. The maximum Gasteiger partial charge on any atom is 0.309 e. The molecular formula is C12H17N3O3S. The largest absolute Gasteiger partial charge is 0.469 e. The number of nitrogens with zero attached hydrogens (tertiary/aromatic N) is 2. The zero-order valence-corrected chi connectivity index (χ0v) is 11.6. The summed E-state index contributed by atoms with van der Waals surface area (Å²) < 4.78 is 4.75. The van der Waals surface area contributed by atoms with Gasteiger partial charge in [0.2, 0.25) is 5.91 Å². The zero-order chi connectivity index (χ0) is 13.7. The number of esters is 1. The van der Waals surface area contributed by atoms with Gasteiger partial charge in [-0.2, -0.15) is 0 Å². The van der Waals surface area contributed by atoms with Crippen LogP contribution in [0.4, 0.5) is 5.13 Å². The van der Waals surface area contributed by atoms with Crippen molar-refractivity contribution in [3.63, 3.8) is 0 Å². The lowest BCUT2D eigenvalue weighted by Gasteiger charge is -2.30. The number of hydrogen-bond donors (Lipinski definition) is 1. The highest BCUT2D eigenvalue weighted by atomic mass is 32.1. The Bertz CT molecular complexity index is 435. The second-order valence-electron chi connectivity index (χ2n) is 4.48. The summed E-state index contributed by atoms with van der Waals surface area (Å²) in [4.78, 5) is 29.3. The third-order valence-corrected chi connectivity index (χ3v) is 3.77. The predicted molar refractivity (Wildman–Crippen MR) is 71.9 cm³/mol. The van der Waals surface area contributed by atoms with E-state index in [1.165, 1.54) is 18.4 Å². The molecule has 1 aliphatic rings. The standard InChI is InChI=1S/C12H17N3O3S/c1-18-11(17)9-3-2-5-15(7-9)8-10(16)14-12-13-4-6-19-12/h4,6,9H,2-3,5,7-8H2,1H3,(H,13,14,16). The van der Waals surface area contributed by atoms with Gasteiger partial charge in [-0.05, 0) is 19.4 Å². The van der Waals surface area contributed by atoms with Gasteiger partial charge in [-0.3, -0.25) is 14.5 Å². The number of rotatable bonds is 4. The Hall–Kier alpha value is -1.47. The number of thiazole rings is 1. The molecule has 0 radical (unpaired) electrons. The van der Waals surface area contributed by atoms with E-state index in [1.54, 1.807) is 6.20 Å². The van der Waals surface area contributed by atoms with Crippen molar-refractivity contribution < 1.29 is 14.3 Å². The minimum absolute atomic E-state index is 0.0968. The number of hydrogen-bond acceptors (Lipinski definition) is 6. The van der Waals surface area contributed by atoms with Crippen molar-refractivity contribution in [2.75, 3.05) is 32.1 Å². The smallest absolute Gasteiger partial charge is 0.309 e. The molecule has 1 fully saturated rings. The van der Waals surface area contributed by atoms with Gasteiger partial charge in [-0.25, -0.2) is 4.98 Å². The van der Waals surface area contributed by atoms with E-state index in [4.69, 9.17) is 4.74 Å². The van der Waals surface area contributed by atoms with E-state index in [1.807, 2.05) is 10.3 Å². The molecule has 0 spiro atoms. The Kier molecular flexibility index (Phi) is 4.86. The molecule has 2 heterocycles. The van der Waals surface area contributed by atoms with Crippen molar-refractivity contribution in [1.29, 1.82) is 0 Å². The van der Waals surface area contributed by atoms with Crippen LogP contribution in [0.15, 0.2) is 11.6 Å². The molecule has 6 nitrogen and oxygen atoms in total. The second kappa shape index (κ2) is 6.63. The van der Waals surface area contributed by atoms with Crippen molar-refractivity contribution in [3.05, 3.63) is 11.6 Å². The molecule has 1 unspecified atom stereocenters. The molecule has 1 aromatic rings. The van der Waals surface area contributed by atoms with Gasteiger partial charge in [-0.1, -0.05) is 0 Å². The first-order valence-corrected chi connectivity index (χ1v) is 7.06. The molecule has 19 heavy (non-hydrogen) atoms. The Morgan fingerprint density at radius 2 is 2.47 bits per heavy atom. The van der Waals surface area contributed by atoms with Crippen LogP contribution >= 0.6 is 11.3 Å². The van der Waals surface area contributed by atoms with Gasteiger partial charge in [0.1, 0.15) is 0 Å². The third-order valence-electron chi connectivity index (χ3n) is 3.09. The highest BCUT2D eigenvalue weighted by Crippen LogP contribution is 2.17. The number of aromatic nitrogens is 1. The summed E-state index contributed by atoms with van der Waals surface area (Å²) in [5, 5.41) is 5.15. The van der Waals surface area contributed by atoms with E-state index in [9.17, 15) is 9.59 Å². The number of piperidine rings is 1. The highest BCUT2D eigenvalue weighted by molar-refractivity contribution is 7.13. The first-order valence-electron chi connectivity index (χ1n) is 6.18. The SMILES string of the molecule is COC(=O)C1CCCN(CC(=O)Nc2nccs2)C1. The average molecular weight is 283 g/mol. The summed E-state index contributed by atoms with van der Waals surface area (Å²) in [6, 6.07) is 0. The maximum absolute atomic E-state index is 11.8. The van der Waals surface area contributed by atoms with Crippen molar-refractivity contribution in [2.24, 2.45) is 5.92 Å². The molecule has 1 saturated heterocycles. The number of methoxy groups -OCH3 is 1. The molecule has 104 valence electrons. The minimum Gasteiger partial charge on any atom is -0.469 e. The van der Waals surface area contributed by atoms with E-state index in [2.05, 4.69) is 10.3 Å². The monoisotopic (exact) mass is 283 g/mol. The summed E-state index contributed by atoms with van der Waals surface area (Å²) >= 11 is 1.39. The Morgan fingerprint density at radius 1 is 1.63 bits per heavy atom. The van der Waals surface area contributed by atoms with Gasteiger partial charge in [0, 0.05) is 18.1 Å². The molecular weight excluding hydrogens is 266 g/mol. The Balaban J connectivity index is 1.81. The summed E-state index contributed by atoms with van der Waals surface area (Å²) in [6.07, 6.45) is 3.38. The lowest BCUT2D eigenvalue weighted by atomic mass is 9.98. The van der Waals surface area contributed by atoms with Gasteiger partial charge in [-0.15, -0.1) is 11.3 Å². The fourth-order valence-electron chi connectivity index (χ4n) is 2.21. The van der Waals surface area contributed by atoms with Gasteiger partial charge >= 0.3 is 5.97 Å². The van der Waals surface area contributed by atoms with E-state index in [0.29, 0.717) is 11.7 Å². The van der Waals surface area contributed by atoms with Crippen LogP contribution in [0.2, 0.25) is 0 Å². The average Bonchev–Trinajstić information content (AvgIpc) is 2.90. The molecule has 0 saturated carbocycles. The number of likely N-dealkylation sites (tertiary alicyclic amines) is 1. The molecule has 2 rings (SSSR count). The summed E-state index contributed by atoms with van der Waals surface area (Å²) in [5.74, 6) is -0.406.